The van der Waals surface area contributed by atoms with Crippen molar-refractivity contribution >= 4 is 21.6 Å². The maximum atomic E-state index is 13.2. The second-order valence-electron chi connectivity index (χ2n) is 8.14. The van der Waals surface area contributed by atoms with Gasteiger partial charge in [0.05, 0.1) is 5.92 Å². The maximum absolute atomic E-state index is 13.2. The molecule has 0 saturated carbocycles. The number of halogens is 1. The van der Waals surface area contributed by atoms with Crippen LogP contribution in [0.1, 0.15) is 24.3 Å². The quantitative estimate of drug-likeness (QED) is 0.710. The maximum Gasteiger partial charge on any atom is 0.248 e. The molecule has 1 aromatic heterocycles. The van der Waals surface area contributed by atoms with Crippen LogP contribution in [-0.2, 0) is 14.8 Å². The van der Waals surface area contributed by atoms with Crippen molar-refractivity contribution in [3.8, 4) is 0 Å². The van der Waals surface area contributed by atoms with Gasteiger partial charge in [-0.2, -0.15) is 4.31 Å². The van der Waals surface area contributed by atoms with Crippen molar-refractivity contribution in [3.05, 3.63) is 41.5 Å². The number of aromatic nitrogens is 1. The van der Waals surface area contributed by atoms with E-state index < -0.39 is 10.0 Å². The summed E-state index contributed by atoms with van der Waals surface area (Å²) in [6.45, 7) is 6.18. The summed E-state index contributed by atoms with van der Waals surface area (Å²) in [7, 11) is -3.76. The molecule has 2 aliphatic rings. The summed E-state index contributed by atoms with van der Waals surface area (Å²) in [6.07, 6.45) is 1.30. The highest BCUT2D eigenvalue weighted by Crippen LogP contribution is 2.29. The molecule has 10 heteroatoms. The Morgan fingerprint density at radius 2 is 1.77 bits per heavy atom. The summed E-state index contributed by atoms with van der Waals surface area (Å²) in [5.41, 5.74) is 1.27. The lowest BCUT2D eigenvalue weighted by Gasteiger charge is -2.39. The molecule has 0 N–H and O–H groups in total. The SMILES string of the molecule is Cc1noc(C)c1S(=O)(=O)N1CCCC(C(=O)N2CCN(c3ccc(F)cc3)CC2)C1. The Balaban J connectivity index is 1.40. The van der Waals surface area contributed by atoms with Crippen LogP contribution in [0.15, 0.2) is 33.7 Å². The second kappa shape index (κ2) is 8.58. The summed E-state index contributed by atoms with van der Waals surface area (Å²) in [5.74, 6) is -0.368. The molecule has 4 rings (SSSR count). The van der Waals surface area contributed by atoms with Gasteiger partial charge in [-0.05, 0) is 51.0 Å². The van der Waals surface area contributed by atoms with Crippen molar-refractivity contribution in [3.63, 3.8) is 0 Å². The van der Waals surface area contributed by atoms with Crippen molar-refractivity contribution in [2.45, 2.75) is 31.6 Å². The summed E-state index contributed by atoms with van der Waals surface area (Å²) in [6, 6.07) is 6.35. The monoisotopic (exact) mass is 450 g/mol. The first-order valence-electron chi connectivity index (χ1n) is 10.5. The minimum atomic E-state index is -3.76. The number of aryl methyl sites for hydroxylation is 2. The van der Waals surface area contributed by atoms with E-state index in [0.717, 1.165) is 5.69 Å². The molecule has 0 aliphatic carbocycles. The first-order valence-corrected chi connectivity index (χ1v) is 11.9. The lowest BCUT2D eigenvalue weighted by Crippen LogP contribution is -2.53. The number of anilines is 1. The number of piperazine rings is 1. The van der Waals surface area contributed by atoms with Crippen molar-refractivity contribution < 1.29 is 22.1 Å². The van der Waals surface area contributed by atoms with Crippen LogP contribution < -0.4 is 4.90 Å². The Morgan fingerprint density at radius 3 is 2.39 bits per heavy atom. The summed E-state index contributed by atoms with van der Waals surface area (Å²) < 4.78 is 45.8. The van der Waals surface area contributed by atoms with Gasteiger partial charge in [0.25, 0.3) is 0 Å². The molecule has 1 atom stereocenters. The summed E-state index contributed by atoms with van der Waals surface area (Å²) in [4.78, 5) is 17.2. The van der Waals surface area contributed by atoms with Gasteiger partial charge in [0.2, 0.25) is 15.9 Å². The molecule has 3 heterocycles. The van der Waals surface area contributed by atoms with E-state index in [1.54, 1.807) is 26.0 Å². The predicted octanol–water partition coefficient (Wildman–Crippen LogP) is 2.18. The van der Waals surface area contributed by atoms with E-state index in [4.69, 9.17) is 4.52 Å². The zero-order chi connectivity index (χ0) is 22.2. The molecule has 0 bridgehead atoms. The van der Waals surface area contributed by atoms with Gasteiger partial charge < -0.3 is 14.3 Å². The number of hydrogen-bond donors (Lipinski definition) is 0. The van der Waals surface area contributed by atoms with Crippen molar-refractivity contribution in [2.24, 2.45) is 5.92 Å². The van der Waals surface area contributed by atoms with E-state index in [0.29, 0.717) is 51.3 Å². The highest BCUT2D eigenvalue weighted by molar-refractivity contribution is 7.89. The number of benzene rings is 1. The van der Waals surface area contributed by atoms with E-state index in [-0.39, 0.29) is 34.8 Å². The third kappa shape index (κ3) is 4.31. The number of carbonyl (C=O) groups is 1. The molecule has 0 radical (unpaired) electrons. The molecule has 2 aromatic rings. The largest absolute Gasteiger partial charge is 0.368 e. The Kier molecular flexibility index (Phi) is 6.02. The van der Waals surface area contributed by atoms with E-state index in [1.165, 1.54) is 16.4 Å². The molecule has 2 aliphatic heterocycles. The van der Waals surface area contributed by atoms with Gasteiger partial charge in [-0.15, -0.1) is 0 Å². The van der Waals surface area contributed by atoms with E-state index in [1.807, 2.05) is 4.90 Å². The fraction of sp³-hybridized carbons (Fsp3) is 0.524. The van der Waals surface area contributed by atoms with Gasteiger partial charge in [0, 0.05) is 45.0 Å². The molecule has 31 heavy (non-hydrogen) atoms. The molecular weight excluding hydrogens is 423 g/mol. The minimum Gasteiger partial charge on any atom is -0.368 e. The van der Waals surface area contributed by atoms with Gasteiger partial charge in [0.15, 0.2) is 5.76 Å². The van der Waals surface area contributed by atoms with E-state index in [9.17, 15) is 17.6 Å². The Labute approximate surface area is 181 Å². The average molecular weight is 451 g/mol. The van der Waals surface area contributed by atoms with Crippen molar-refractivity contribution in [2.75, 3.05) is 44.2 Å². The smallest absolute Gasteiger partial charge is 0.248 e. The first kappa shape index (κ1) is 21.8. The molecule has 1 unspecified atom stereocenters. The second-order valence-corrected chi connectivity index (χ2v) is 10.0. The van der Waals surface area contributed by atoms with Crippen LogP contribution in [0.5, 0.6) is 0 Å². The topological polar surface area (TPSA) is 87.0 Å². The highest BCUT2D eigenvalue weighted by Gasteiger charge is 2.38. The van der Waals surface area contributed by atoms with Gasteiger partial charge in [-0.1, -0.05) is 5.16 Å². The third-order valence-corrected chi connectivity index (χ3v) is 8.19. The fourth-order valence-electron chi connectivity index (χ4n) is 4.43. The number of hydrogen-bond acceptors (Lipinski definition) is 6. The number of nitrogens with zero attached hydrogens (tertiary/aromatic N) is 4. The lowest BCUT2D eigenvalue weighted by atomic mass is 9.97. The molecule has 0 spiro atoms. The molecular formula is C21H27FN4O4S. The van der Waals surface area contributed by atoms with Crippen LogP contribution in [0, 0.1) is 25.6 Å². The summed E-state index contributed by atoms with van der Waals surface area (Å²) in [5, 5.41) is 3.76. The fourth-order valence-corrected chi connectivity index (χ4v) is 6.24. The van der Waals surface area contributed by atoms with Crippen LogP contribution in [0.25, 0.3) is 0 Å². The number of amides is 1. The number of piperidine rings is 1. The first-order chi connectivity index (χ1) is 14.8. The lowest BCUT2D eigenvalue weighted by molar-refractivity contribution is -0.137. The van der Waals surface area contributed by atoms with Crippen LogP contribution in [0.3, 0.4) is 0 Å². The zero-order valence-corrected chi connectivity index (χ0v) is 18.6. The van der Waals surface area contributed by atoms with Gasteiger partial charge in [-0.25, -0.2) is 12.8 Å². The summed E-state index contributed by atoms with van der Waals surface area (Å²) >= 11 is 0. The van der Waals surface area contributed by atoms with E-state index in [2.05, 4.69) is 10.1 Å². The Hall–Kier alpha value is -2.46. The van der Waals surface area contributed by atoms with Gasteiger partial charge in [-0.3, -0.25) is 4.79 Å². The van der Waals surface area contributed by atoms with Crippen molar-refractivity contribution in [1.82, 2.24) is 14.4 Å². The standard InChI is InChI=1S/C21H27FN4O4S/c1-15-20(16(2)30-23-15)31(28,29)26-9-3-4-17(14-26)21(27)25-12-10-24(11-13-25)19-7-5-18(22)6-8-19/h5-8,17H,3-4,9-14H2,1-2H3. The predicted molar refractivity (Wildman–Crippen MR) is 113 cm³/mol. The minimum absolute atomic E-state index is 0.00239. The number of rotatable bonds is 4. The molecule has 2 fully saturated rings. The third-order valence-electron chi connectivity index (χ3n) is 6.08. The zero-order valence-electron chi connectivity index (χ0n) is 17.8. The van der Waals surface area contributed by atoms with Crippen molar-refractivity contribution in [1.29, 1.82) is 0 Å². The normalized spacial score (nSPS) is 20.8. The van der Waals surface area contributed by atoms with E-state index >= 15 is 0 Å². The highest BCUT2D eigenvalue weighted by atomic mass is 32.2. The van der Waals surface area contributed by atoms with Crippen LogP contribution in [0.2, 0.25) is 0 Å². The number of carbonyl (C=O) groups excluding carboxylic acids is 1. The van der Waals surface area contributed by atoms with Crippen LogP contribution in [-0.4, -0.2) is 68.0 Å². The van der Waals surface area contributed by atoms with Crippen LogP contribution in [0.4, 0.5) is 10.1 Å². The number of sulfonamides is 1. The van der Waals surface area contributed by atoms with Gasteiger partial charge >= 0.3 is 0 Å². The Bertz CT molecular complexity index is 1030. The molecule has 8 nitrogen and oxygen atoms in total. The molecule has 1 aromatic carbocycles. The van der Waals surface area contributed by atoms with Crippen LogP contribution >= 0.6 is 0 Å². The Morgan fingerprint density at radius 1 is 1.10 bits per heavy atom. The average Bonchev–Trinajstić information content (AvgIpc) is 3.12. The molecule has 2 saturated heterocycles. The van der Waals surface area contributed by atoms with Gasteiger partial charge in [0.1, 0.15) is 16.4 Å². The molecule has 1 amide bonds. The molecule has 168 valence electrons.